The summed E-state index contributed by atoms with van der Waals surface area (Å²) in [5.41, 5.74) is 2.57. The molecule has 2 aromatic heterocycles. The molecule has 2 aromatic rings. The van der Waals surface area contributed by atoms with E-state index in [-0.39, 0.29) is 5.91 Å². The molecule has 2 N–H and O–H groups in total. The highest BCUT2D eigenvalue weighted by Crippen LogP contribution is 2.18. The van der Waals surface area contributed by atoms with Gasteiger partial charge in [0.15, 0.2) is 10.4 Å². The van der Waals surface area contributed by atoms with Gasteiger partial charge in [-0.2, -0.15) is 0 Å². The molecule has 7 heteroatoms. The van der Waals surface area contributed by atoms with Crippen LogP contribution in [0.25, 0.3) is 11.2 Å². The summed E-state index contributed by atoms with van der Waals surface area (Å²) in [5, 5.41) is 2.80. The number of carbonyl (C=O) groups excluding carboxylic acids is 1. The molecule has 2 heterocycles. The van der Waals surface area contributed by atoms with Crippen LogP contribution < -0.4 is 5.32 Å². The molecule has 6 nitrogen and oxygen atoms in total. The highest BCUT2D eigenvalue weighted by molar-refractivity contribution is 7.71. The number of hydrogen-bond donors (Lipinski definition) is 2. The lowest BCUT2D eigenvalue weighted by Gasteiger charge is -2.14. The molecule has 108 valence electrons. The Balaban J connectivity index is 2.30. The minimum absolute atomic E-state index is 0.110. The number of carbonyl (C=O) groups is 1. The fourth-order valence-corrected chi connectivity index (χ4v) is 2.37. The van der Waals surface area contributed by atoms with Crippen molar-refractivity contribution in [1.82, 2.24) is 19.9 Å². The number of amides is 1. The molecule has 0 bridgehead atoms. The number of methoxy groups -OCH3 is 1. The first kappa shape index (κ1) is 14.7. The summed E-state index contributed by atoms with van der Waals surface area (Å²) in [6.45, 7) is 4.71. The Labute approximate surface area is 122 Å². The number of fused-ring (bicyclic) bond motifs is 1. The first-order valence-electron chi connectivity index (χ1n) is 6.38. The minimum atomic E-state index is -0.427. The quantitative estimate of drug-likeness (QED) is 0.650. The van der Waals surface area contributed by atoms with Crippen molar-refractivity contribution >= 4 is 29.3 Å². The lowest BCUT2D eigenvalue weighted by Crippen LogP contribution is -2.33. The third kappa shape index (κ3) is 2.88. The van der Waals surface area contributed by atoms with Crippen LogP contribution in [-0.2, 0) is 9.53 Å². The standard InChI is InChI=1S/C13H18N4O2S/c1-8-6-10-11(15-7-8)17(13(20)16-10)9(2)12(18)14-4-5-19-3/h6-7,9H,4-5H2,1-3H3,(H,14,18)(H,16,20). The van der Waals surface area contributed by atoms with E-state index in [4.69, 9.17) is 17.0 Å². The molecule has 1 unspecified atom stereocenters. The van der Waals surface area contributed by atoms with E-state index in [2.05, 4.69) is 15.3 Å². The molecule has 0 saturated heterocycles. The zero-order valence-electron chi connectivity index (χ0n) is 11.8. The van der Waals surface area contributed by atoms with Gasteiger partial charge in [-0.25, -0.2) is 4.98 Å². The van der Waals surface area contributed by atoms with Crippen molar-refractivity contribution in [3.63, 3.8) is 0 Å². The number of H-pyrrole nitrogens is 1. The molecule has 0 saturated carbocycles. The Bertz CT molecular complexity index is 677. The molecule has 0 aliphatic heterocycles. The third-order valence-electron chi connectivity index (χ3n) is 3.06. The van der Waals surface area contributed by atoms with Gasteiger partial charge in [-0.05, 0) is 37.7 Å². The van der Waals surface area contributed by atoms with Gasteiger partial charge in [-0.1, -0.05) is 0 Å². The van der Waals surface area contributed by atoms with Gasteiger partial charge in [-0.3, -0.25) is 9.36 Å². The molecule has 2 rings (SSSR count). The Hall–Kier alpha value is -1.73. The van der Waals surface area contributed by atoms with Crippen LogP contribution in [-0.4, -0.2) is 40.7 Å². The maximum atomic E-state index is 12.1. The summed E-state index contributed by atoms with van der Waals surface area (Å²) in [7, 11) is 1.59. The van der Waals surface area contributed by atoms with E-state index in [9.17, 15) is 4.79 Å². The van der Waals surface area contributed by atoms with Crippen LogP contribution in [0.1, 0.15) is 18.5 Å². The summed E-state index contributed by atoms with van der Waals surface area (Å²) in [6.07, 6.45) is 1.76. The number of hydrogen-bond acceptors (Lipinski definition) is 4. The average Bonchev–Trinajstić information content (AvgIpc) is 2.73. The molecule has 1 atom stereocenters. The number of rotatable bonds is 5. The van der Waals surface area contributed by atoms with Gasteiger partial charge in [0.1, 0.15) is 6.04 Å². The van der Waals surface area contributed by atoms with Crippen LogP contribution in [0.4, 0.5) is 0 Å². The number of nitrogens with zero attached hydrogens (tertiary/aromatic N) is 2. The normalized spacial score (nSPS) is 12.6. The summed E-state index contributed by atoms with van der Waals surface area (Å²) < 4.78 is 7.13. The molecule has 0 fully saturated rings. The van der Waals surface area contributed by atoms with E-state index in [1.54, 1.807) is 24.8 Å². The number of aromatic amines is 1. The summed E-state index contributed by atoms with van der Waals surface area (Å²) >= 11 is 5.29. The monoisotopic (exact) mass is 294 g/mol. The van der Waals surface area contributed by atoms with Crippen molar-refractivity contribution in [3.05, 3.63) is 22.6 Å². The Morgan fingerprint density at radius 1 is 1.65 bits per heavy atom. The molecule has 20 heavy (non-hydrogen) atoms. The Morgan fingerprint density at radius 3 is 3.10 bits per heavy atom. The number of pyridine rings is 1. The lowest BCUT2D eigenvalue weighted by atomic mass is 10.3. The van der Waals surface area contributed by atoms with E-state index in [1.807, 2.05) is 13.0 Å². The van der Waals surface area contributed by atoms with Gasteiger partial charge in [0, 0.05) is 19.9 Å². The van der Waals surface area contributed by atoms with E-state index in [0.717, 1.165) is 11.1 Å². The molecule has 0 aliphatic rings. The van der Waals surface area contributed by atoms with Crippen LogP contribution in [0.3, 0.4) is 0 Å². The molecule has 0 aliphatic carbocycles. The van der Waals surface area contributed by atoms with Crippen LogP contribution in [0, 0.1) is 11.7 Å². The van der Waals surface area contributed by atoms with Crippen LogP contribution in [0.5, 0.6) is 0 Å². The van der Waals surface area contributed by atoms with Crippen molar-refractivity contribution in [3.8, 4) is 0 Å². The highest BCUT2D eigenvalue weighted by Gasteiger charge is 2.18. The van der Waals surface area contributed by atoms with Crippen LogP contribution >= 0.6 is 12.2 Å². The minimum Gasteiger partial charge on any atom is -0.383 e. The predicted octanol–water partition coefficient (Wildman–Crippen LogP) is 1.73. The van der Waals surface area contributed by atoms with Gasteiger partial charge < -0.3 is 15.0 Å². The van der Waals surface area contributed by atoms with Crippen molar-refractivity contribution in [1.29, 1.82) is 0 Å². The number of imidazole rings is 1. The highest BCUT2D eigenvalue weighted by atomic mass is 32.1. The molecule has 0 aromatic carbocycles. The molecule has 0 spiro atoms. The second-order valence-corrected chi connectivity index (χ2v) is 5.03. The maximum Gasteiger partial charge on any atom is 0.243 e. The Morgan fingerprint density at radius 2 is 2.40 bits per heavy atom. The lowest BCUT2D eigenvalue weighted by molar-refractivity contribution is -0.124. The Kier molecular flexibility index (Phi) is 4.51. The smallest absolute Gasteiger partial charge is 0.243 e. The molecular weight excluding hydrogens is 276 g/mol. The van der Waals surface area contributed by atoms with Gasteiger partial charge in [0.25, 0.3) is 0 Å². The first-order valence-corrected chi connectivity index (χ1v) is 6.79. The second kappa shape index (κ2) is 6.15. The zero-order chi connectivity index (χ0) is 14.7. The summed E-state index contributed by atoms with van der Waals surface area (Å²) in [6, 6.07) is 1.53. The van der Waals surface area contributed by atoms with Gasteiger partial charge >= 0.3 is 0 Å². The first-order chi connectivity index (χ1) is 9.54. The average molecular weight is 294 g/mol. The second-order valence-electron chi connectivity index (χ2n) is 4.64. The van der Waals surface area contributed by atoms with Crippen molar-refractivity contribution in [2.75, 3.05) is 20.3 Å². The molecule has 0 radical (unpaired) electrons. The van der Waals surface area contributed by atoms with Gasteiger partial charge in [0.2, 0.25) is 5.91 Å². The maximum absolute atomic E-state index is 12.1. The van der Waals surface area contributed by atoms with E-state index in [0.29, 0.717) is 23.6 Å². The largest absolute Gasteiger partial charge is 0.383 e. The van der Waals surface area contributed by atoms with Gasteiger partial charge in [-0.15, -0.1) is 0 Å². The van der Waals surface area contributed by atoms with Gasteiger partial charge in [0.05, 0.1) is 12.1 Å². The summed E-state index contributed by atoms with van der Waals surface area (Å²) in [5.74, 6) is -0.110. The SMILES string of the molecule is COCCNC(=O)C(C)n1c(=S)[nH]c2cc(C)cnc21. The molecule has 1 amide bonds. The van der Waals surface area contributed by atoms with E-state index >= 15 is 0 Å². The topological polar surface area (TPSA) is 71.9 Å². The third-order valence-corrected chi connectivity index (χ3v) is 3.36. The fourth-order valence-electron chi connectivity index (χ4n) is 2.02. The van der Waals surface area contributed by atoms with Crippen molar-refractivity contribution in [2.45, 2.75) is 19.9 Å². The van der Waals surface area contributed by atoms with Crippen LogP contribution in [0.2, 0.25) is 0 Å². The van der Waals surface area contributed by atoms with E-state index < -0.39 is 6.04 Å². The fraction of sp³-hybridized carbons (Fsp3) is 0.462. The van der Waals surface area contributed by atoms with Crippen LogP contribution in [0.15, 0.2) is 12.3 Å². The zero-order valence-corrected chi connectivity index (χ0v) is 12.6. The number of ether oxygens (including phenoxy) is 1. The van der Waals surface area contributed by atoms with Crippen molar-refractivity contribution < 1.29 is 9.53 Å². The molecular formula is C13H18N4O2S. The van der Waals surface area contributed by atoms with Crippen molar-refractivity contribution in [2.24, 2.45) is 0 Å². The number of nitrogens with one attached hydrogen (secondary N) is 2. The number of aromatic nitrogens is 3. The predicted molar refractivity (Wildman–Crippen MR) is 79.3 cm³/mol. The summed E-state index contributed by atoms with van der Waals surface area (Å²) in [4.78, 5) is 19.5. The van der Waals surface area contributed by atoms with E-state index in [1.165, 1.54) is 0 Å². The number of aryl methyl sites for hydroxylation is 1.